The standard InChI is InChI=1S/C14H16BrCl2N5/c15-10-8(16)4-5-9(11(10)17)22-13(19)20-12(18)21-14(22)6-2-1-3-7-14/h4-5H,1-3,6-7H2,(H4,18,19,20,21). The van der Waals surface area contributed by atoms with Crippen LogP contribution >= 0.6 is 39.1 Å². The minimum absolute atomic E-state index is 0.222. The van der Waals surface area contributed by atoms with E-state index >= 15 is 0 Å². The molecule has 1 aromatic carbocycles. The van der Waals surface area contributed by atoms with Crippen molar-refractivity contribution in [3.05, 3.63) is 26.7 Å². The number of nitrogens with two attached hydrogens (primary N) is 2. The average molecular weight is 405 g/mol. The van der Waals surface area contributed by atoms with E-state index < -0.39 is 5.66 Å². The molecule has 1 saturated carbocycles. The molecule has 5 nitrogen and oxygen atoms in total. The van der Waals surface area contributed by atoms with Gasteiger partial charge in [0, 0.05) is 0 Å². The summed E-state index contributed by atoms with van der Waals surface area (Å²) in [6.45, 7) is 0. The van der Waals surface area contributed by atoms with Crippen molar-refractivity contribution >= 4 is 56.7 Å². The Morgan fingerprint density at radius 2 is 1.82 bits per heavy atom. The number of halogens is 3. The first-order valence-electron chi connectivity index (χ1n) is 7.08. The van der Waals surface area contributed by atoms with Crippen molar-refractivity contribution in [3.63, 3.8) is 0 Å². The van der Waals surface area contributed by atoms with Crippen LogP contribution in [0.4, 0.5) is 5.69 Å². The van der Waals surface area contributed by atoms with Crippen molar-refractivity contribution < 1.29 is 0 Å². The van der Waals surface area contributed by atoms with Gasteiger partial charge in [-0.25, -0.2) is 4.99 Å². The highest BCUT2D eigenvalue weighted by Gasteiger charge is 2.43. The van der Waals surface area contributed by atoms with Crippen LogP contribution in [0.25, 0.3) is 0 Å². The molecule has 0 saturated heterocycles. The topological polar surface area (TPSA) is 80.0 Å². The Hall–Kier alpha value is -0.980. The molecule has 0 atom stereocenters. The number of nitrogens with zero attached hydrogens (tertiary/aromatic N) is 3. The Kier molecular flexibility index (Phi) is 4.27. The van der Waals surface area contributed by atoms with Gasteiger partial charge in [0.25, 0.3) is 0 Å². The summed E-state index contributed by atoms with van der Waals surface area (Å²) in [5, 5.41) is 1.04. The van der Waals surface area contributed by atoms with Gasteiger partial charge in [-0.1, -0.05) is 29.6 Å². The Bertz CT molecular complexity index is 667. The first-order chi connectivity index (χ1) is 10.4. The van der Waals surface area contributed by atoms with Crippen molar-refractivity contribution in [2.24, 2.45) is 21.5 Å². The van der Waals surface area contributed by atoms with E-state index in [1.165, 1.54) is 6.42 Å². The predicted octanol–water partition coefficient (Wildman–Crippen LogP) is 3.87. The molecule has 0 amide bonds. The molecule has 1 aliphatic carbocycles. The Balaban J connectivity index is 2.14. The van der Waals surface area contributed by atoms with Gasteiger partial charge in [-0.05, 0) is 53.7 Å². The number of anilines is 1. The molecule has 4 N–H and O–H groups in total. The first-order valence-corrected chi connectivity index (χ1v) is 8.63. The second-order valence-corrected chi connectivity index (χ2v) is 7.09. The fourth-order valence-electron chi connectivity index (χ4n) is 3.16. The zero-order valence-corrected chi connectivity index (χ0v) is 14.9. The summed E-state index contributed by atoms with van der Waals surface area (Å²) in [5.41, 5.74) is 12.3. The van der Waals surface area contributed by atoms with Crippen LogP contribution in [0.3, 0.4) is 0 Å². The monoisotopic (exact) mass is 403 g/mol. The minimum atomic E-state index is -0.509. The molecule has 1 fully saturated rings. The number of benzene rings is 1. The summed E-state index contributed by atoms with van der Waals surface area (Å²) in [6, 6.07) is 3.61. The molecule has 1 aromatic rings. The van der Waals surface area contributed by atoms with Crippen LogP contribution in [0, 0.1) is 0 Å². The molecule has 0 aromatic heterocycles. The van der Waals surface area contributed by atoms with Crippen molar-refractivity contribution in [1.82, 2.24) is 0 Å². The third kappa shape index (κ3) is 2.57. The third-order valence-electron chi connectivity index (χ3n) is 4.11. The molecule has 1 aliphatic heterocycles. The molecule has 8 heteroatoms. The van der Waals surface area contributed by atoms with Crippen LogP contribution in [0.1, 0.15) is 32.1 Å². The van der Waals surface area contributed by atoms with Crippen LogP contribution in [-0.2, 0) is 0 Å². The number of aliphatic imine (C=N–C) groups is 2. The van der Waals surface area contributed by atoms with E-state index in [0.717, 1.165) is 31.4 Å². The quantitative estimate of drug-likeness (QED) is 0.697. The maximum atomic E-state index is 6.47. The van der Waals surface area contributed by atoms with E-state index in [2.05, 4.69) is 25.9 Å². The van der Waals surface area contributed by atoms with E-state index in [1.54, 1.807) is 6.07 Å². The molecule has 118 valence electrons. The molecule has 0 bridgehead atoms. The second-order valence-electron chi connectivity index (χ2n) is 5.51. The molecule has 22 heavy (non-hydrogen) atoms. The lowest BCUT2D eigenvalue weighted by atomic mass is 9.87. The number of hydrogen-bond acceptors (Lipinski definition) is 5. The van der Waals surface area contributed by atoms with Crippen molar-refractivity contribution in [1.29, 1.82) is 0 Å². The normalized spacial score (nSPS) is 20.8. The summed E-state index contributed by atoms with van der Waals surface area (Å²) >= 11 is 16.0. The van der Waals surface area contributed by atoms with Gasteiger partial charge in [0.2, 0.25) is 11.9 Å². The van der Waals surface area contributed by atoms with Crippen LogP contribution < -0.4 is 16.4 Å². The SMILES string of the molecule is NC1=NC2(CCCCC2)N(c2ccc(Cl)c(Br)c2Cl)C(N)=N1. The van der Waals surface area contributed by atoms with E-state index in [-0.39, 0.29) is 5.96 Å². The summed E-state index contributed by atoms with van der Waals surface area (Å²) in [5.74, 6) is 0.533. The molecule has 2 aliphatic rings. The summed E-state index contributed by atoms with van der Waals surface area (Å²) in [6.07, 6.45) is 5.03. The van der Waals surface area contributed by atoms with E-state index in [0.29, 0.717) is 20.5 Å². The maximum Gasteiger partial charge on any atom is 0.220 e. The number of hydrogen-bond donors (Lipinski definition) is 2. The van der Waals surface area contributed by atoms with Crippen molar-refractivity contribution in [3.8, 4) is 0 Å². The summed E-state index contributed by atoms with van der Waals surface area (Å²) < 4.78 is 0.634. The van der Waals surface area contributed by atoms with Gasteiger partial charge < -0.3 is 11.5 Å². The Morgan fingerprint density at radius 3 is 2.50 bits per heavy atom. The lowest BCUT2D eigenvalue weighted by Gasteiger charge is -2.46. The molecule has 1 heterocycles. The minimum Gasteiger partial charge on any atom is -0.369 e. The van der Waals surface area contributed by atoms with E-state index in [1.807, 2.05) is 11.0 Å². The predicted molar refractivity (Wildman–Crippen MR) is 95.7 cm³/mol. The van der Waals surface area contributed by atoms with Crippen molar-refractivity contribution in [2.75, 3.05) is 4.90 Å². The van der Waals surface area contributed by atoms with E-state index in [4.69, 9.17) is 34.7 Å². The first kappa shape index (κ1) is 15.9. The molecular formula is C14H16BrCl2N5. The lowest BCUT2D eigenvalue weighted by Crippen LogP contribution is -2.58. The van der Waals surface area contributed by atoms with Gasteiger partial charge in [0.15, 0.2) is 0 Å². The number of rotatable bonds is 1. The highest BCUT2D eigenvalue weighted by atomic mass is 79.9. The fraction of sp³-hybridized carbons (Fsp3) is 0.429. The highest BCUT2D eigenvalue weighted by Crippen LogP contribution is 2.44. The van der Waals surface area contributed by atoms with Crippen LogP contribution in [0.5, 0.6) is 0 Å². The largest absolute Gasteiger partial charge is 0.369 e. The van der Waals surface area contributed by atoms with Crippen LogP contribution in [-0.4, -0.2) is 17.6 Å². The Labute approximate surface area is 147 Å². The van der Waals surface area contributed by atoms with Crippen molar-refractivity contribution in [2.45, 2.75) is 37.8 Å². The molecule has 3 rings (SSSR count). The van der Waals surface area contributed by atoms with Gasteiger partial charge in [0.05, 0.1) is 20.2 Å². The average Bonchev–Trinajstić information content (AvgIpc) is 2.47. The van der Waals surface area contributed by atoms with Gasteiger partial charge in [-0.3, -0.25) is 4.90 Å². The number of guanidine groups is 2. The third-order valence-corrected chi connectivity index (χ3v) is 6.08. The van der Waals surface area contributed by atoms with Gasteiger partial charge in [0.1, 0.15) is 5.66 Å². The van der Waals surface area contributed by atoms with Gasteiger partial charge in [-0.2, -0.15) is 4.99 Å². The molecule has 0 radical (unpaired) electrons. The fourth-order valence-corrected chi connectivity index (χ4v) is 3.95. The smallest absolute Gasteiger partial charge is 0.220 e. The maximum absolute atomic E-state index is 6.47. The summed E-state index contributed by atoms with van der Waals surface area (Å²) in [7, 11) is 0. The van der Waals surface area contributed by atoms with Crippen LogP contribution in [0.2, 0.25) is 10.0 Å². The Morgan fingerprint density at radius 1 is 1.14 bits per heavy atom. The highest BCUT2D eigenvalue weighted by molar-refractivity contribution is 9.10. The van der Waals surface area contributed by atoms with Crippen LogP contribution in [0.15, 0.2) is 26.6 Å². The lowest BCUT2D eigenvalue weighted by molar-refractivity contribution is 0.305. The van der Waals surface area contributed by atoms with E-state index in [9.17, 15) is 0 Å². The second kappa shape index (κ2) is 5.91. The zero-order valence-electron chi connectivity index (χ0n) is 11.8. The zero-order chi connectivity index (χ0) is 15.9. The molecule has 0 unspecified atom stereocenters. The van der Waals surface area contributed by atoms with Gasteiger partial charge in [-0.15, -0.1) is 0 Å². The molecule has 1 spiro atoms. The summed E-state index contributed by atoms with van der Waals surface area (Å²) in [4.78, 5) is 10.6. The van der Waals surface area contributed by atoms with Gasteiger partial charge >= 0.3 is 0 Å². The molecular weight excluding hydrogens is 389 g/mol.